The van der Waals surface area contributed by atoms with E-state index in [0.717, 1.165) is 18.8 Å². The predicted molar refractivity (Wildman–Crippen MR) is 60.5 cm³/mol. The quantitative estimate of drug-likeness (QED) is 0.765. The largest absolute Gasteiger partial charge is 0.384 e. The molecule has 0 saturated heterocycles. The second-order valence-electron chi connectivity index (χ2n) is 3.66. The van der Waals surface area contributed by atoms with Gasteiger partial charge in [0, 0.05) is 38.1 Å². The van der Waals surface area contributed by atoms with Crippen LogP contribution in [-0.2, 0) is 0 Å². The zero-order valence-corrected chi connectivity index (χ0v) is 9.07. The van der Waals surface area contributed by atoms with Crippen LogP contribution in [0, 0.1) is 0 Å². The van der Waals surface area contributed by atoms with E-state index in [1.807, 2.05) is 12.1 Å². The molecule has 0 aromatic carbocycles. The van der Waals surface area contributed by atoms with Crippen LogP contribution in [-0.4, -0.2) is 44.1 Å². The van der Waals surface area contributed by atoms with Crippen LogP contribution in [0.3, 0.4) is 0 Å². The molecule has 14 heavy (non-hydrogen) atoms. The van der Waals surface area contributed by atoms with Gasteiger partial charge in [0.2, 0.25) is 0 Å². The molecule has 0 aliphatic carbocycles. The Bertz CT molecular complexity index is 285. The Balaban J connectivity index is 2.56. The van der Waals surface area contributed by atoms with E-state index in [9.17, 15) is 0 Å². The first kappa shape index (κ1) is 10.8. The van der Waals surface area contributed by atoms with Crippen LogP contribution < -0.4 is 10.6 Å². The van der Waals surface area contributed by atoms with Crippen LogP contribution in [0.4, 0.5) is 11.5 Å². The number of aromatic nitrogens is 1. The van der Waals surface area contributed by atoms with E-state index in [1.165, 1.54) is 0 Å². The molecule has 0 atom stereocenters. The van der Waals surface area contributed by atoms with Crippen molar-refractivity contribution >= 4 is 11.5 Å². The summed E-state index contributed by atoms with van der Waals surface area (Å²) in [6.45, 7) is 2.01. The van der Waals surface area contributed by atoms with Crippen molar-refractivity contribution in [3.8, 4) is 0 Å². The van der Waals surface area contributed by atoms with Crippen LogP contribution in [0.2, 0.25) is 0 Å². The minimum atomic E-state index is 0.569. The van der Waals surface area contributed by atoms with Crippen LogP contribution >= 0.6 is 0 Å². The molecule has 0 saturated carbocycles. The normalized spacial score (nSPS) is 10.6. The topological polar surface area (TPSA) is 45.4 Å². The predicted octanol–water partition coefficient (Wildman–Crippen LogP) is 0.662. The fourth-order valence-electron chi connectivity index (χ4n) is 1.15. The highest BCUT2D eigenvalue weighted by Gasteiger charge is 2.01. The Labute approximate surface area is 85.3 Å². The van der Waals surface area contributed by atoms with Gasteiger partial charge in [0.05, 0.1) is 0 Å². The average molecular weight is 194 g/mol. The highest BCUT2D eigenvalue weighted by molar-refractivity contribution is 5.51. The number of likely N-dealkylation sites (N-methyl/N-ethyl adjacent to an activating group) is 2. The van der Waals surface area contributed by atoms with E-state index >= 15 is 0 Å². The molecule has 1 aromatic rings. The number of nitrogens with zero attached hydrogens (tertiary/aromatic N) is 3. The second kappa shape index (κ2) is 4.81. The third-order valence-corrected chi connectivity index (χ3v) is 2.09. The average Bonchev–Trinajstić information content (AvgIpc) is 2.14. The van der Waals surface area contributed by atoms with Gasteiger partial charge in [-0.2, -0.15) is 0 Å². The summed E-state index contributed by atoms with van der Waals surface area (Å²) in [6.07, 6.45) is 1.73. The number of hydrogen-bond donors (Lipinski definition) is 1. The van der Waals surface area contributed by atoms with Crippen molar-refractivity contribution in [2.75, 3.05) is 44.9 Å². The van der Waals surface area contributed by atoms with Crippen molar-refractivity contribution in [1.29, 1.82) is 0 Å². The summed E-state index contributed by atoms with van der Waals surface area (Å²) in [5.41, 5.74) is 6.71. The van der Waals surface area contributed by atoms with Crippen molar-refractivity contribution in [3.05, 3.63) is 18.3 Å². The summed E-state index contributed by atoms with van der Waals surface area (Å²) >= 11 is 0. The van der Waals surface area contributed by atoms with Gasteiger partial charge in [-0.25, -0.2) is 4.98 Å². The van der Waals surface area contributed by atoms with Crippen molar-refractivity contribution < 1.29 is 0 Å². The molecular formula is C10H18N4. The number of rotatable bonds is 4. The van der Waals surface area contributed by atoms with Crippen LogP contribution in [0.1, 0.15) is 0 Å². The molecule has 0 fully saturated rings. The number of nitrogens with two attached hydrogens (primary N) is 1. The minimum absolute atomic E-state index is 0.569. The van der Waals surface area contributed by atoms with Gasteiger partial charge in [0.1, 0.15) is 5.82 Å². The van der Waals surface area contributed by atoms with E-state index in [-0.39, 0.29) is 0 Å². The van der Waals surface area contributed by atoms with Gasteiger partial charge < -0.3 is 15.5 Å². The molecule has 1 rings (SSSR count). The lowest BCUT2D eigenvalue weighted by atomic mass is 10.3. The first-order valence-electron chi connectivity index (χ1n) is 4.67. The van der Waals surface area contributed by atoms with Crippen LogP contribution in [0.15, 0.2) is 18.3 Å². The van der Waals surface area contributed by atoms with Crippen molar-refractivity contribution in [3.63, 3.8) is 0 Å². The summed E-state index contributed by atoms with van der Waals surface area (Å²) < 4.78 is 0. The van der Waals surface area contributed by atoms with E-state index in [2.05, 4.69) is 35.9 Å². The third-order valence-electron chi connectivity index (χ3n) is 2.09. The van der Waals surface area contributed by atoms with Gasteiger partial charge in [-0.1, -0.05) is 0 Å². The van der Waals surface area contributed by atoms with E-state index in [0.29, 0.717) is 5.82 Å². The zero-order valence-electron chi connectivity index (χ0n) is 9.07. The fraction of sp³-hybridized carbons (Fsp3) is 0.500. The smallest absolute Gasteiger partial charge is 0.125 e. The summed E-state index contributed by atoms with van der Waals surface area (Å²) in [6, 6.07) is 3.85. The lowest BCUT2D eigenvalue weighted by Crippen LogP contribution is -2.28. The molecule has 0 spiro atoms. The standard InChI is InChI=1S/C10H18N4/c1-13(2)6-7-14(3)9-4-5-12-10(11)8-9/h4-5,8H,6-7H2,1-3H3,(H2,11,12). The first-order chi connectivity index (χ1) is 6.59. The van der Waals surface area contributed by atoms with E-state index in [1.54, 1.807) is 6.20 Å². The van der Waals surface area contributed by atoms with Gasteiger partial charge in [-0.15, -0.1) is 0 Å². The third kappa shape index (κ3) is 3.22. The van der Waals surface area contributed by atoms with Gasteiger partial charge in [0.15, 0.2) is 0 Å². The van der Waals surface area contributed by atoms with Gasteiger partial charge >= 0.3 is 0 Å². The zero-order chi connectivity index (χ0) is 10.6. The van der Waals surface area contributed by atoms with Crippen molar-refractivity contribution in [1.82, 2.24) is 9.88 Å². The Morgan fingerprint density at radius 3 is 2.57 bits per heavy atom. The second-order valence-corrected chi connectivity index (χ2v) is 3.66. The molecule has 78 valence electrons. The number of pyridine rings is 1. The summed E-state index contributed by atoms with van der Waals surface area (Å²) in [5, 5.41) is 0. The highest BCUT2D eigenvalue weighted by Crippen LogP contribution is 2.13. The minimum Gasteiger partial charge on any atom is -0.384 e. The van der Waals surface area contributed by atoms with Crippen LogP contribution in [0.25, 0.3) is 0 Å². The SMILES string of the molecule is CN(C)CCN(C)c1ccnc(N)c1. The van der Waals surface area contributed by atoms with Crippen molar-refractivity contribution in [2.45, 2.75) is 0 Å². The maximum atomic E-state index is 5.60. The molecule has 4 heteroatoms. The lowest BCUT2D eigenvalue weighted by molar-refractivity contribution is 0.416. The van der Waals surface area contributed by atoms with Crippen LogP contribution in [0.5, 0.6) is 0 Å². The molecule has 1 heterocycles. The lowest BCUT2D eigenvalue weighted by Gasteiger charge is -2.21. The Hall–Kier alpha value is -1.29. The van der Waals surface area contributed by atoms with Gasteiger partial charge in [-0.05, 0) is 20.2 Å². The monoisotopic (exact) mass is 194 g/mol. The van der Waals surface area contributed by atoms with Gasteiger partial charge in [-0.3, -0.25) is 0 Å². The maximum Gasteiger partial charge on any atom is 0.125 e. The molecular weight excluding hydrogens is 176 g/mol. The highest BCUT2D eigenvalue weighted by atomic mass is 15.2. The van der Waals surface area contributed by atoms with E-state index in [4.69, 9.17) is 5.73 Å². The molecule has 0 radical (unpaired) electrons. The molecule has 4 nitrogen and oxygen atoms in total. The summed E-state index contributed by atoms with van der Waals surface area (Å²) in [5.74, 6) is 0.569. The molecule has 1 aromatic heterocycles. The summed E-state index contributed by atoms with van der Waals surface area (Å²) in [4.78, 5) is 8.28. The Kier molecular flexibility index (Phi) is 3.71. The molecule has 0 bridgehead atoms. The molecule has 0 aliphatic rings. The molecule has 0 unspecified atom stereocenters. The van der Waals surface area contributed by atoms with Crippen molar-refractivity contribution in [2.24, 2.45) is 0 Å². The molecule has 2 N–H and O–H groups in total. The fourth-order valence-corrected chi connectivity index (χ4v) is 1.15. The number of anilines is 2. The molecule has 0 aliphatic heterocycles. The maximum absolute atomic E-state index is 5.60. The van der Waals surface area contributed by atoms with Gasteiger partial charge in [0.25, 0.3) is 0 Å². The first-order valence-corrected chi connectivity index (χ1v) is 4.67. The summed E-state index contributed by atoms with van der Waals surface area (Å²) in [7, 11) is 6.18. The molecule has 0 amide bonds. The Morgan fingerprint density at radius 1 is 1.29 bits per heavy atom. The van der Waals surface area contributed by atoms with E-state index < -0.39 is 0 Å². The Morgan fingerprint density at radius 2 is 2.00 bits per heavy atom. The number of nitrogen functional groups attached to an aromatic ring is 1. The number of hydrogen-bond acceptors (Lipinski definition) is 4.